The van der Waals surface area contributed by atoms with E-state index in [0.29, 0.717) is 30.5 Å². The number of hydrogen-bond donors (Lipinski definition) is 3. The van der Waals surface area contributed by atoms with Crippen molar-refractivity contribution in [2.45, 2.75) is 19.1 Å². The lowest BCUT2D eigenvalue weighted by Gasteiger charge is -2.14. The van der Waals surface area contributed by atoms with Crippen molar-refractivity contribution < 1.29 is 9.90 Å². The number of fused-ring (bicyclic) bond motifs is 1. The SMILES string of the molecule is Cl.O=C(CCn1nnc2ccccc2c1=O)NCC1CNCC1O. The van der Waals surface area contributed by atoms with Crippen LogP contribution in [0.25, 0.3) is 10.9 Å². The van der Waals surface area contributed by atoms with Crippen LogP contribution in [0.3, 0.4) is 0 Å². The van der Waals surface area contributed by atoms with Gasteiger partial charge in [-0.15, -0.1) is 17.5 Å². The molecule has 1 amide bonds. The molecule has 1 aliphatic heterocycles. The molecule has 1 aliphatic rings. The molecule has 0 spiro atoms. The average Bonchev–Trinajstić information content (AvgIpc) is 2.98. The Hall–Kier alpha value is -2.03. The first-order chi connectivity index (χ1) is 11.1. The van der Waals surface area contributed by atoms with Crippen LogP contribution in [0.15, 0.2) is 29.1 Å². The maximum atomic E-state index is 12.2. The summed E-state index contributed by atoms with van der Waals surface area (Å²) in [5.41, 5.74) is 0.291. The van der Waals surface area contributed by atoms with E-state index in [-0.39, 0.29) is 42.8 Å². The molecule has 130 valence electrons. The molecule has 9 heteroatoms. The van der Waals surface area contributed by atoms with Gasteiger partial charge in [0.25, 0.3) is 5.56 Å². The van der Waals surface area contributed by atoms with Crippen LogP contribution in [0.4, 0.5) is 0 Å². The predicted octanol–water partition coefficient (Wildman–Crippen LogP) is -0.700. The van der Waals surface area contributed by atoms with Gasteiger partial charge in [-0.2, -0.15) is 0 Å². The fraction of sp³-hybridized carbons (Fsp3) is 0.467. The number of β-amino-alcohol motifs (C(OH)–C–C–N with tert-alkyl or cyclic N) is 1. The van der Waals surface area contributed by atoms with Crippen LogP contribution >= 0.6 is 12.4 Å². The number of carbonyl (C=O) groups excluding carboxylic acids is 1. The first-order valence-corrected chi connectivity index (χ1v) is 7.63. The molecular weight excluding hydrogens is 334 g/mol. The summed E-state index contributed by atoms with van der Waals surface area (Å²) in [6, 6.07) is 6.98. The summed E-state index contributed by atoms with van der Waals surface area (Å²) in [4.78, 5) is 24.1. The van der Waals surface area contributed by atoms with Crippen molar-refractivity contribution in [3.63, 3.8) is 0 Å². The summed E-state index contributed by atoms with van der Waals surface area (Å²) in [5.74, 6) is -0.145. The Kier molecular flexibility index (Phi) is 6.24. The Morgan fingerprint density at radius 1 is 1.38 bits per heavy atom. The van der Waals surface area contributed by atoms with E-state index in [4.69, 9.17) is 0 Å². The van der Waals surface area contributed by atoms with E-state index in [2.05, 4.69) is 20.9 Å². The molecule has 24 heavy (non-hydrogen) atoms. The fourth-order valence-corrected chi connectivity index (χ4v) is 2.64. The summed E-state index contributed by atoms with van der Waals surface area (Å²) < 4.78 is 1.20. The van der Waals surface area contributed by atoms with Crippen molar-refractivity contribution in [2.75, 3.05) is 19.6 Å². The predicted molar refractivity (Wildman–Crippen MR) is 91.0 cm³/mol. The molecule has 2 aromatic rings. The van der Waals surface area contributed by atoms with E-state index in [9.17, 15) is 14.7 Å². The molecule has 0 bridgehead atoms. The number of rotatable bonds is 5. The molecule has 2 heterocycles. The highest BCUT2D eigenvalue weighted by Gasteiger charge is 2.24. The fourth-order valence-electron chi connectivity index (χ4n) is 2.64. The molecular formula is C15H20ClN5O3. The Morgan fingerprint density at radius 2 is 2.17 bits per heavy atom. The third-order valence-corrected chi connectivity index (χ3v) is 4.05. The minimum absolute atomic E-state index is 0. The second-order valence-corrected chi connectivity index (χ2v) is 5.67. The maximum Gasteiger partial charge on any atom is 0.277 e. The zero-order chi connectivity index (χ0) is 16.2. The van der Waals surface area contributed by atoms with Gasteiger partial charge in [-0.05, 0) is 12.1 Å². The van der Waals surface area contributed by atoms with Crippen molar-refractivity contribution in [2.24, 2.45) is 5.92 Å². The second-order valence-electron chi connectivity index (χ2n) is 5.67. The Morgan fingerprint density at radius 3 is 2.92 bits per heavy atom. The number of aliphatic hydroxyl groups excluding tert-OH is 1. The highest BCUT2D eigenvalue weighted by molar-refractivity contribution is 5.85. The number of hydrogen-bond acceptors (Lipinski definition) is 6. The number of aliphatic hydroxyl groups is 1. The number of benzene rings is 1. The molecule has 3 N–H and O–H groups in total. The average molecular weight is 354 g/mol. The Bertz CT molecular complexity index is 766. The van der Waals surface area contributed by atoms with Gasteiger partial charge in [0.2, 0.25) is 5.91 Å². The van der Waals surface area contributed by atoms with Crippen molar-refractivity contribution in [1.82, 2.24) is 25.6 Å². The lowest BCUT2D eigenvalue weighted by atomic mass is 10.1. The van der Waals surface area contributed by atoms with Crippen LogP contribution in [0.1, 0.15) is 6.42 Å². The van der Waals surface area contributed by atoms with Gasteiger partial charge < -0.3 is 15.7 Å². The molecule has 1 aromatic heterocycles. The van der Waals surface area contributed by atoms with Crippen LogP contribution in [0.5, 0.6) is 0 Å². The van der Waals surface area contributed by atoms with Gasteiger partial charge >= 0.3 is 0 Å². The molecule has 0 saturated carbocycles. The normalized spacial score (nSPS) is 19.9. The van der Waals surface area contributed by atoms with Gasteiger partial charge in [-0.25, -0.2) is 4.68 Å². The zero-order valence-corrected chi connectivity index (χ0v) is 13.8. The largest absolute Gasteiger partial charge is 0.391 e. The third kappa shape index (κ3) is 4.08. The molecule has 2 atom stereocenters. The van der Waals surface area contributed by atoms with Crippen LogP contribution in [-0.2, 0) is 11.3 Å². The van der Waals surface area contributed by atoms with Crippen molar-refractivity contribution >= 4 is 29.2 Å². The number of nitrogens with one attached hydrogen (secondary N) is 2. The Balaban J connectivity index is 0.00000208. The summed E-state index contributed by atoms with van der Waals surface area (Å²) in [6.45, 7) is 1.85. The first-order valence-electron chi connectivity index (χ1n) is 7.63. The maximum absolute atomic E-state index is 12.2. The standard InChI is InChI=1S/C15H19N5O3.ClH/c21-13-9-16-7-10(13)8-17-14(22)5-6-20-15(23)11-3-1-2-4-12(11)18-19-20;/h1-4,10,13,16,21H,5-9H2,(H,17,22);1H. The molecule has 3 rings (SSSR count). The minimum Gasteiger partial charge on any atom is -0.391 e. The number of aromatic nitrogens is 3. The highest BCUT2D eigenvalue weighted by Crippen LogP contribution is 2.07. The summed E-state index contributed by atoms with van der Waals surface area (Å²) in [7, 11) is 0. The molecule has 1 saturated heterocycles. The highest BCUT2D eigenvalue weighted by atomic mass is 35.5. The van der Waals surface area contributed by atoms with Crippen LogP contribution in [0.2, 0.25) is 0 Å². The van der Waals surface area contributed by atoms with Crippen LogP contribution in [-0.4, -0.2) is 51.7 Å². The van der Waals surface area contributed by atoms with Crippen molar-refractivity contribution in [3.8, 4) is 0 Å². The van der Waals surface area contributed by atoms with Crippen molar-refractivity contribution in [1.29, 1.82) is 0 Å². The van der Waals surface area contributed by atoms with E-state index in [1.54, 1.807) is 24.3 Å². The van der Waals surface area contributed by atoms with Gasteiger partial charge in [-0.1, -0.05) is 17.3 Å². The number of nitrogens with zero attached hydrogens (tertiary/aromatic N) is 3. The molecule has 1 fully saturated rings. The van der Waals surface area contributed by atoms with E-state index in [1.807, 2.05) is 0 Å². The van der Waals surface area contributed by atoms with Gasteiger partial charge in [0.15, 0.2) is 0 Å². The smallest absolute Gasteiger partial charge is 0.277 e. The monoisotopic (exact) mass is 353 g/mol. The Labute approximate surface area is 144 Å². The van der Waals surface area contributed by atoms with Crippen LogP contribution < -0.4 is 16.2 Å². The summed E-state index contributed by atoms with van der Waals surface area (Å²) in [6.07, 6.45) is -0.285. The first kappa shape index (κ1) is 18.3. The summed E-state index contributed by atoms with van der Waals surface area (Å²) >= 11 is 0. The van der Waals surface area contributed by atoms with Gasteiger partial charge in [0, 0.05) is 32.0 Å². The second kappa shape index (κ2) is 8.18. The minimum atomic E-state index is -0.427. The van der Waals surface area contributed by atoms with Gasteiger partial charge in [-0.3, -0.25) is 9.59 Å². The zero-order valence-electron chi connectivity index (χ0n) is 13.0. The van der Waals surface area contributed by atoms with E-state index in [1.165, 1.54) is 4.68 Å². The number of amides is 1. The number of halogens is 1. The molecule has 8 nitrogen and oxygen atoms in total. The van der Waals surface area contributed by atoms with Crippen LogP contribution in [0, 0.1) is 5.92 Å². The molecule has 2 unspecified atom stereocenters. The molecule has 0 aliphatic carbocycles. The lowest BCUT2D eigenvalue weighted by molar-refractivity contribution is -0.121. The summed E-state index contributed by atoms with van der Waals surface area (Å²) in [5, 5.41) is 23.8. The number of carbonyl (C=O) groups is 1. The van der Waals surface area contributed by atoms with Crippen molar-refractivity contribution in [3.05, 3.63) is 34.6 Å². The third-order valence-electron chi connectivity index (χ3n) is 4.05. The quantitative estimate of drug-likeness (QED) is 0.656. The lowest BCUT2D eigenvalue weighted by Crippen LogP contribution is -2.35. The van der Waals surface area contributed by atoms with E-state index >= 15 is 0 Å². The molecule has 1 aromatic carbocycles. The van der Waals surface area contributed by atoms with E-state index < -0.39 is 6.10 Å². The topological polar surface area (TPSA) is 109 Å². The molecule has 0 radical (unpaired) electrons. The van der Waals surface area contributed by atoms with E-state index in [0.717, 1.165) is 0 Å². The van der Waals surface area contributed by atoms with Gasteiger partial charge in [0.05, 0.1) is 18.0 Å². The van der Waals surface area contributed by atoms with Gasteiger partial charge in [0.1, 0.15) is 5.52 Å². The number of aryl methyl sites for hydroxylation is 1.